The predicted octanol–water partition coefficient (Wildman–Crippen LogP) is 3.00. The molecular weight excluding hydrogens is 494 g/mol. The van der Waals surface area contributed by atoms with Crippen molar-refractivity contribution in [2.24, 2.45) is 0 Å². The molecule has 0 unspecified atom stereocenters. The molecule has 1 aliphatic rings. The van der Waals surface area contributed by atoms with E-state index in [0.717, 1.165) is 49.4 Å². The molecular formula is C25H31N7O4S. The van der Waals surface area contributed by atoms with E-state index in [0.29, 0.717) is 17.5 Å². The van der Waals surface area contributed by atoms with Crippen LogP contribution in [0.5, 0.6) is 0 Å². The van der Waals surface area contributed by atoms with E-state index in [1.165, 1.54) is 6.26 Å². The number of nitrogens with zero attached hydrogens (tertiary/aromatic N) is 6. The van der Waals surface area contributed by atoms with Gasteiger partial charge in [0.1, 0.15) is 0 Å². The summed E-state index contributed by atoms with van der Waals surface area (Å²) in [5.74, 6) is 0.612. The minimum absolute atomic E-state index is 0.206. The summed E-state index contributed by atoms with van der Waals surface area (Å²) in [7, 11) is 0.0710. The van der Waals surface area contributed by atoms with E-state index in [4.69, 9.17) is 9.47 Å². The van der Waals surface area contributed by atoms with E-state index in [2.05, 4.69) is 25.3 Å². The molecule has 1 aliphatic heterocycles. The highest BCUT2D eigenvalue weighted by Gasteiger charge is 2.23. The van der Waals surface area contributed by atoms with Gasteiger partial charge in [-0.25, -0.2) is 18.4 Å². The molecule has 0 amide bonds. The second-order valence-electron chi connectivity index (χ2n) is 9.18. The van der Waals surface area contributed by atoms with Crippen molar-refractivity contribution in [3.63, 3.8) is 0 Å². The van der Waals surface area contributed by atoms with Crippen molar-refractivity contribution >= 4 is 27.0 Å². The van der Waals surface area contributed by atoms with Crippen LogP contribution in [0.2, 0.25) is 0 Å². The minimum Gasteiger partial charge on any atom is -0.355 e. The van der Waals surface area contributed by atoms with Crippen LogP contribution in [0.3, 0.4) is 0 Å². The molecule has 196 valence electrons. The van der Waals surface area contributed by atoms with Gasteiger partial charge in [0.05, 0.1) is 34.7 Å². The quantitative estimate of drug-likeness (QED) is 0.329. The zero-order chi connectivity index (χ0) is 26.0. The molecule has 37 heavy (non-hydrogen) atoms. The lowest BCUT2D eigenvalue weighted by atomic mass is 10.1. The minimum atomic E-state index is -3.26. The molecule has 0 spiro atoms. The van der Waals surface area contributed by atoms with Crippen LogP contribution in [-0.2, 0) is 19.3 Å². The second-order valence-corrected chi connectivity index (χ2v) is 11.2. The Morgan fingerprint density at radius 1 is 1.08 bits per heavy atom. The monoisotopic (exact) mass is 525 g/mol. The molecule has 3 aromatic heterocycles. The summed E-state index contributed by atoms with van der Waals surface area (Å²) in [4.78, 5) is 11.7. The van der Waals surface area contributed by atoms with Crippen LogP contribution in [0.25, 0.3) is 16.9 Å². The van der Waals surface area contributed by atoms with Gasteiger partial charge in [-0.2, -0.15) is 5.10 Å². The van der Waals surface area contributed by atoms with Gasteiger partial charge in [-0.15, -0.1) is 0 Å². The summed E-state index contributed by atoms with van der Waals surface area (Å²) in [5, 5.41) is 7.95. The lowest BCUT2D eigenvalue weighted by molar-refractivity contribution is -0.118. The first kappa shape index (κ1) is 25.3. The number of fused-ring (bicyclic) bond motifs is 1. The third kappa shape index (κ3) is 5.52. The van der Waals surface area contributed by atoms with Crippen molar-refractivity contribution in [1.82, 2.24) is 29.0 Å². The van der Waals surface area contributed by atoms with Crippen molar-refractivity contribution in [3.8, 4) is 11.3 Å². The number of nitrogens with one attached hydrogen (secondary N) is 1. The van der Waals surface area contributed by atoms with Crippen molar-refractivity contribution in [3.05, 3.63) is 55.2 Å². The van der Waals surface area contributed by atoms with Gasteiger partial charge < -0.3 is 14.8 Å². The standard InChI is InChI=1S/C25H31N7O4S/c1-35-23(36-2)17-30-11-8-20(9-12-30)32-16-19(14-28-32)29-24-25-26-10-13-31(25)22(15-27-24)18-4-6-21(7-5-18)37(3,33)34/h4-7,10,13-16,20,23H,8-9,11-12,17H2,1-3H3,(H,27,29). The number of piperidine rings is 1. The first-order valence-electron chi connectivity index (χ1n) is 12.1. The Labute approximate surface area is 216 Å². The topological polar surface area (TPSA) is 116 Å². The summed E-state index contributed by atoms with van der Waals surface area (Å²) in [6.45, 7) is 2.67. The van der Waals surface area contributed by atoms with E-state index >= 15 is 0 Å². The van der Waals surface area contributed by atoms with Crippen LogP contribution >= 0.6 is 0 Å². The van der Waals surface area contributed by atoms with Crippen molar-refractivity contribution < 1.29 is 17.9 Å². The van der Waals surface area contributed by atoms with Gasteiger partial charge in [-0.05, 0) is 25.0 Å². The van der Waals surface area contributed by atoms with Crippen molar-refractivity contribution in [2.75, 3.05) is 45.4 Å². The maximum atomic E-state index is 11.8. The molecule has 1 aromatic carbocycles. The Balaban J connectivity index is 1.28. The molecule has 1 fully saturated rings. The van der Waals surface area contributed by atoms with Crippen molar-refractivity contribution in [2.45, 2.75) is 30.1 Å². The number of ether oxygens (including phenoxy) is 2. The van der Waals surface area contributed by atoms with Gasteiger partial charge in [0.25, 0.3) is 0 Å². The number of imidazole rings is 1. The summed E-state index contributed by atoms with van der Waals surface area (Å²) in [5.41, 5.74) is 3.15. The van der Waals surface area contributed by atoms with Crippen LogP contribution < -0.4 is 5.32 Å². The van der Waals surface area contributed by atoms with Gasteiger partial charge in [-0.1, -0.05) is 12.1 Å². The van der Waals surface area contributed by atoms with Gasteiger partial charge in [0.15, 0.2) is 27.6 Å². The Bertz CT molecular complexity index is 1450. The third-order valence-electron chi connectivity index (χ3n) is 6.73. The molecule has 0 saturated carbocycles. The SMILES string of the molecule is COC(CN1CCC(n2cc(Nc3ncc(-c4ccc(S(C)(=O)=O)cc4)n4ccnc34)cn2)CC1)OC. The second kappa shape index (κ2) is 10.6. The summed E-state index contributed by atoms with van der Waals surface area (Å²) >= 11 is 0. The molecule has 0 atom stereocenters. The van der Waals surface area contributed by atoms with E-state index in [1.54, 1.807) is 57.1 Å². The number of methoxy groups -OCH3 is 2. The summed E-state index contributed by atoms with van der Waals surface area (Å²) in [6.07, 6.45) is 12.1. The number of benzene rings is 1. The fourth-order valence-electron chi connectivity index (χ4n) is 4.65. The maximum absolute atomic E-state index is 11.8. The van der Waals surface area contributed by atoms with Crippen molar-refractivity contribution in [1.29, 1.82) is 0 Å². The Kier molecular flexibility index (Phi) is 7.24. The molecule has 11 nitrogen and oxygen atoms in total. The normalized spacial score (nSPS) is 15.6. The summed E-state index contributed by atoms with van der Waals surface area (Å²) in [6, 6.07) is 7.09. The lowest BCUT2D eigenvalue weighted by Gasteiger charge is -2.33. The molecule has 0 bridgehead atoms. The Morgan fingerprint density at radius 2 is 1.81 bits per heavy atom. The van der Waals surface area contributed by atoms with Gasteiger partial charge in [0.2, 0.25) is 0 Å². The molecule has 4 heterocycles. The number of sulfone groups is 1. The number of anilines is 2. The first-order valence-corrected chi connectivity index (χ1v) is 14.0. The highest BCUT2D eigenvalue weighted by atomic mass is 32.2. The number of rotatable bonds is 9. The van der Waals surface area contributed by atoms with E-state index in [9.17, 15) is 8.42 Å². The first-order chi connectivity index (χ1) is 17.9. The molecule has 0 radical (unpaired) electrons. The number of aromatic nitrogens is 5. The molecule has 5 rings (SSSR count). The van der Waals surface area contributed by atoms with Crippen LogP contribution in [0.1, 0.15) is 18.9 Å². The summed E-state index contributed by atoms with van der Waals surface area (Å²) < 4.78 is 38.2. The number of likely N-dealkylation sites (tertiary alicyclic amines) is 1. The van der Waals surface area contributed by atoms with Crippen LogP contribution in [0.15, 0.2) is 60.1 Å². The highest BCUT2D eigenvalue weighted by molar-refractivity contribution is 7.90. The third-order valence-corrected chi connectivity index (χ3v) is 7.86. The molecule has 4 aromatic rings. The Hall–Kier alpha value is -3.32. The lowest BCUT2D eigenvalue weighted by Crippen LogP contribution is -2.40. The zero-order valence-corrected chi connectivity index (χ0v) is 21.9. The fraction of sp³-hybridized carbons (Fsp3) is 0.400. The smallest absolute Gasteiger partial charge is 0.180 e. The van der Waals surface area contributed by atoms with Gasteiger partial charge in [0, 0.05) is 64.3 Å². The van der Waals surface area contributed by atoms with Crippen LogP contribution in [0, 0.1) is 0 Å². The van der Waals surface area contributed by atoms with Crippen LogP contribution in [0.4, 0.5) is 11.5 Å². The number of hydrogen-bond donors (Lipinski definition) is 1. The average molecular weight is 526 g/mol. The predicted molar refractivity (Wildman–Crippen MR) is 140 cm³/mol. The van der Waals surface area contributed by atoms with Gasteiger partial charge in [-0.3, -0.25) is 14.0 Å². The number of hydrogen-bond acceptors (Lipinski definition) is 9. The van der Waals surface area contributed by atoms with E-state index in [-0.39, 0.29) is 11.2 Å². The fourth-order valence-corrected chi connectivity index (χ4v) is 5.29. The molecule has 1 saturated heterocycles. The average Bonchev–Trinajstić information content (AvgIpc) is 3.58. The van der Waals surface area contributed by atoms with Gasteiger partial charge >= 0.3 is 0 Å². The largest absolute Gasteiger partial charge is 0.355 e. The zero-order valence-electron chi connectivity index (χ0n) is 21.1. The maximum Gasteiger partial charge on any atom is 0.180 e. The van der Waals surface area contributed by atoms with Crippen LogP contribution in [-0.4, -0.2) is 83.9 Å². The Morgan fingerprint density at radius 3 is 2.49 bits per heavy atom. The van der Waals surface area contributed by atoms with E-state index in [1.807, 2.05) is 21.5 Å². The van der Waals surface area contributed by atoms with E-state index < -0.39 is 9.84 Å². The molecule has 1 N–H and O–H groups in total. The molecule has 12 heteroatoms. The highest BCUT2D eigenvalue weighted by Crippen LogP contribution is 2.28. The molecule has 0 aliphatic carbocycles.